The minimum atomic E-state index is -0.356. The molecule has 1 fully saturated rings. The molecule has 0 bridgehead atoms. The highest BCUT2D eigenvalue weighted by molar-refractivity contribution is 9.10. The summed E-state index contributed by atoms with van der Waals surface area (Å²) in [7, 11) is 1.57. The number of thiocarbonyl (C=S) groups is 1. The number of thioether (sulfide) groups is 1. The van der Waals surface area contributed by atoms with Crippen molar-refractivity contribution in [2.45, 2.75) is 26.9 Å². The van der Waals surface area contributed by atoms with E-state index >= 15 is 0 Å². The van der Waals surface area contributed by atoms with Crippen LogP contribution in [0.3, 0.4) is 0 Å². The molecule has 1 aliphatic rings. The molecule has 0 N–H and O–H groups in total. The van der Waals surface area contributed by atoms with Crippen molar-refractivity contribution < 1.29 is 23.8 Å². The van der Waals surface area contributed by atoms with Crippen LogP contribution in [0.4, 0.5) is 0 Å². The average molecular weight is 550 g/mol. The summed E-state index contributed by atoms with van der Waals surface area (Å²) in [5, 5.41) is 0. The lowest BCUT2D eigenvalue weighted by molar-refractivity contribution is -0.143. The number of ether oxygens (including phenoxy) is 3. The molecule has 0 unspecified atom stereocenters. The number of halogens is 1. The number of benzene rings is 2. The highest BCUT2D eigenvalue weighted by atomic mass is 79.9. The van der Waals surface area contributed by atoms with Crippen molar-refractivity contribution in [3.05, 3.63) is 62.5 Å². The maximum Gasteiger partial charge on any atom is 0.307 e. The molecule has 3 rings (SSSR count). The molecule has 174 valence electrons. The zero-order valence-electron chi connectivity index (χ0n) is 18.6. The van der Waals surface area contributed by atoms with E-state index in [0.717, 1.165) is 16.7 Å². The largest absolute Gasteiger partial charge is 0.493 e. The topological polar surface area (TPSA) is 65.1 Å². The van der Waals surface area contributed by atoms with Gasteiger partial charge in [0.05, 0.1) is 29.5 Å². The van der Waals surface area contributed by atoms with Gasteiger partial charge in [0.2, 0.25) is 0 Å². The van der Waals surface area contributed by atoms with Gasteiger partial charge in [-0.15, -0.1) is 0 Å². The van der Waals surface area contributed by atoms with Gasteiger partial charge < -0.3 is 14.2 Å². The first-order valence-electron chi connectivity index (χ1n) is 10.3. The molecule has 0 atom stereocenters. The molecule has 0 spiro atoms. The van der Waals surface area contributed by atoms with Crippen molar-refractivity contribution in [1.82, 2.24) is 4.90 Å². The van der Waals surface area contributed by atoms with Crippen molar-refractivity contribution in [1.29, 1.82) is 0 Å². The van der Waals surface area contributed by atoms with Crippen molar-refractivity contribution in [3.63, 3.8) is 0 Å². The van der Waals surface area contributed by atoms with Crippen LogP contribution < -0.4 is 9.47 Å². The van der Waals surface area contributed by atoms with Gasteiger partial charge in [0.15, 0.2) is 11.5 Å². The molecule has 1 saturated heterocycles. The van der Waals surface area contributed by atoms with E-state index in [-0.39, 0.29) is 24.8 Å². The highest BCUT2D eigenvalue weighted by Gasteiger charge is 2.32. The zero-order chi connectivity index (χ0) is 24.0. The number of hydrogen-bond acceptors (Lipinski definition) is 7. The highest BCUT2D eigenvalue weighted by Crippen LogP contribution is 2.39. The number of carbonyl (C=O) groups is 2. The van der Waals surface area contributed by atoms with Crippen molar-refractivity contribution in [3.8, 4) is 11.5 Å². The first-order chi connectivity index (χ1) is 15.8. The predicted octanol–water partition coefficient (Wildman–Crippen LogP) is 5.50. The summed E-state index contributed by atoms with van der Waals surface area (Å²) in [5.41, 5.74) is 2.98. The van der Waals surface area contributed by atoms with Gasteiger partial charge in [-0.2, -0.15) is 0 Å². The Morgan fingerprint density at radius 2 is 2.06 bits per heavy atom. The number of amides is 1. The molecular weight excluding hydrogens is 526 g/mol. The summed E-state index contributed by atoms with van der Waals surface area (Å²) in [5.74, 6) is 0.536. The van der Waals surface area contributed by atoms with Crippen molar-refractivity contribution in [2.24, 2.45) is 0 Å². The summed E-state index contributed by atoms with van der Waals surface area (Å²) < 4.78 is 17.6. The second-order valence-electron chi connectivity index (χ2n) is 7.20. The number of esters is 1. The fourth-order valence-corrected chi connectivity index (χ4v) is 5.08. The van der Waals surface area contributed by atoms with Gasteiger partial charge in [-0.3, -0.25) is 14.5 Å². The molecule has 1 aliphatic heterocycles. The smallest absolute Gasteiger partial charge is 0.307 e. The lowest BCUT2D eigenvalue weighted by Crippen LogP contribution is -2.30. The standard InChI is InChI=1S/C24H24BrNO5S2/c1-4-30-21(27)8-9-26-23(28)20(33-24(26)32)13-17-11-18(25)22(19(12-17)29-3)31-14-16-7-5-6-15(2)10-16/h5-7,10-13H,4,8-9,14H2,1-3H3/b20-13+. The van der Waals surface area contributed by atoms with Crippen LogP contribution in [0.2, 0.25) is 0 Å². The number of rotatable bonds is 9. The maximum absolute atomic E-state index is 12.8. The third kappa shape index (κ3) is 6.59. The Labute approximate surface area is 211 Å². The van der Waals surface area contributed by atoms with Gasteiger partial charge in [-0.1, -0.05) is 53.8 Å². The molecule has 9 heteroatoms. The molecule has 1 heterocycles. The van der Waals surface area contributed by atoms with Crippen LogP contribution in [-0.4, -0.2) is 41.4 Å². The van der Waals surface area contributed by atoms with E-state index in [1.54, 1.807) is 20.1 Å². The number of carbonyl (C=O) groups excluding carboxylic acids is 2. The first-order valence-corrected chi connectivity index (χ1v) is 12.3. The second kappa shape index (κ2) is 11.7. The van der Waals surface area contributed by atoms with E-state index in [9.17, 15) is 9.59 Å². The minimum Gasteiger partial charge on any atom is -0.493 e. The minimum absolute atomic E-state index is 0.0971. The Balaban J connectivity index is 1.75. The quantitative estimate of drug-likeness (QED) is 0.232. The van der Waals surface area contributed by atoms with E-state index in [2.05, 4.69) is 22.0 Å². The second-order valence-corrected chi connectivity index (χ2v) is 9.73. The van der Waals surface area contributed by atoms with Crippen LogP contribution in [0.1, 0.15) is 30.0 Å². The van der Waals surface area contributed by atoms with Gasteiger partial charge in [0, 0.05) is 6.54 Å². The summed E-state index contributed by atoms with van der Waals surface area (Å²) >= 11 is 10.1. The molecule has 0 radical (unpaired) electrons. The summed E-state index contributed by atoms with van der Waals surface area (Å²) in [6.45, 7) is 4.67. The molecule has 2 aromatic carbocycles. The van der Waals surface area contributed by atoms with E-state index in [4.69, 9.17) is 26.4 Å². The normalized spacial score (nSPS) is 14.7. The predicted molar refractivity (Wildman–Crippen MR) is 137 cm³/mol. The zero-order valence-corrected chi connectivity index (χ0v) is 21.8. The average Bonchev–Trinajstić information content (AvgIpc) is 3.03. The molecular formula is C24H24BrNO5S2. The van der Waals surface area contributed by atoms with Gasteiger partial charge in [-0.05, 0) is 59.1 Å². The number of aryl methyl sites for hydroxylation is 1. The molecule has 0 aromatic heterocycles. The van der Waals surface area contributed by atoms with E-state index in [1.165, 1.54) is 16.7 Å². The molecule has 6 nitrogen and oxygen atoms in total. The van der Waals surface area contributed by atoms with Crippen LogP contribution in [0.25, 0.3) is 6.08 Å². The maximum atomic E-state index is 12.8. The van der Waals surface area contributed by atoms with Gasteiger partial charge in [0.1, 0.15) is 10.9 Å². The van der Waals surface area contributed by atoms with Crippen LogP contribution in [0.15, 0.2) is 45.8 Å². The van der Waals surface area contributed by atoms with Crippen LogP contribution in [0, 0.1) is 6.92 Å². The van der Waals surface area contributed by atoms with Crippen molar-refractivity contribution in [2.75, 3.05) is 20.3 Å². The summed E-state index contributed by atoms with van der Waals surface area (Å²) in [6.07, 6.45) is 1.85. The molecule has 0 saturated carbocycles. The Kier molecular flexibility index (Phi) is 8.94. The molecule has 0 aliphatic carbocycles. The van der Waals surface area contributed by atoms with Crippen LogP contribution in [0.5, 0.6) is 11.5 Å². The van der Waals surface area contributed by atoms with Gasteiger partial charge in [0.25, 0.3) is 5.91 Å². The van der Waals surface area contributed by atoms with Gasteiger partial charge in [-0.25, -0.2) is 0 Å². The molecule has 1 amide bonds. The van der Waals surface area contributed by atoms with Gasteiger partial charge >= 0.3 is 5.97 Å². The Morgan fingerprint density at radius 3 is 2.76 bits per heavy atom. The summed E-state index contributed by atoms with van der Waals surface area (Å²) in [6, 6.07) is 11.8. The Hall–Kier alpha value is -2.36. The molecule has 2 aromatic rings. The Bertz CT molecular complexity index is 1100. The van der Waals surface area contributed by atoms with E-state index < -0.39 is 0 Å². The first kappa shape index (κ1) is 25.3. The fourth-order valence-electron chi connectivity index (χ4n) is 3.20. The fraction of sp³-hybridized carbons (Fsp3) is 0.292. The van der Waals surface area contributed by atoms with E-state index in [1.807, 2.05) is 37.3 Å². The van der Waals surface area contributed by atoms with Crippen LogP contribution >= 0.6 is 39.9 Å². The van der Waals surface area contributed by atoms with Crippen molar-refractivity contribution >= 4 is 62.2 Å². The third-order valence-corrected chi connectivity index (χ3v) is 6.70. The SMILES string of the molecule is CCOC(=O)CCN1C(=O)/C(=C\c2cc(Br)c(OCc3cccc(C)c3)c(OC)c2)SC1=S. The number of hydrogen-bond donors (Lipinski definition) is 0. The Morgan fingerprint density at radius 1 is 1.27 bits per heavy atom. The summed E-state index contributed by atoms with van der Waals surface area (Å²) in [4.78, 5) is 26.3. The van der Waals surface area contributed by atoms with Crippen LogP contribution in [-0.2, 0) is 20.9 Å². The molecule has 33 heavy (non-hydrogen) atoms. The lowest BCUT2D eigenvalue weighted by Gasteiger charge is -2.14. The van der Waals surface area contributed by atoms with E-state index in [0.29, 0.717) is 38.4 Å². The number of nitrogens with zero attached hydrogens (tertiary/aromatic N) is 1. The number of methoxy groups -OCH3 is 1. The third-order valence-electron chi connectivity index (χ3n) is 4.73. The lowest BCUT2D eigenvalue weighted by atomic mass is 10.1. The monoisotopic (exact) mass is 549 g/mol.